The third-order valence-electron chi connectivity index (χ3n) is 5.30. The average Bonchev–Trinajstić information content (AvgIpc) is 3.56. The lowest BCUT2D eigenvalue weighted by molar-refractivity contribution is -0.106. The van der Waals surface area contributed by atoms with Crippen LogP contribution in [0, 0.1) is 11.7 Å². The van der Waals surface area contributed by atoms with Crippen molar-refractivity contribution in [3.05, 3.63) is 58.9 Å². The first-order chi connectivity index (χ1) is 13.7. The molecule has 5 nitrogen and oxygen atoms in total. The van der Waals surface area contributed by atoms with Gasteiger partial charge in [0.2, 0.25) is 0 Å². The van der Waals surface area contributed by atoms with Crippen LogP contribution in [0.1, 0.15) is 41.9 Å². The van der Waals surface area contributed by atoms with Crippen molar-refractivity contribution in [1.29, 1.82) is 0 Å². The topological polar surface area (TPSA) is 49.0 Å². The number of benzene rings is 2. The van der Waals surface area contributed by atoms with Crippen LogP contribution < -0.4 is 14.8 Å². The van der Waals surface area contributed by atoms with Crippen molar-refractivity contribution in [2.24, 2.45) is 5.92 Å². The maximum atomic E-state index is 14.4. The molecule has 0 amide bonds. The SMILES string of the molecule is COC(OC)c1ccc(F)c(CN[C@H](c2ccc3c(c2)OCCO3)C2CC2)c1. The molecule has 2 aliphatic rings. The number of halogens is 1. The fraction of sp³-hybridized carbons (Fsp3) is 0.455. The second-order valence-corrected chi connectivity index (χ2v) is 7.25. The third-order valence-corrected chi connectivity index (χ3v) is 5.30. The van der Waals surface area contributed by atoms with Crippen molar-refractivity contribution < 1.29 is 23.3 Å². The molecule has 2 aromatic carbocycles. The summed E-state index contributed by atoms with van der Waals surface area (Å²) in [5, 5.41) is 3.55. The second kappa shape index (κ2) is 8.47. The second-order valence-electron chi connectivity index (χ2n) is 7.25. The molecular weight excluding hydrogens is 361 g/mol. The molecular formula is C22H26FNO4. The van der Waals surface area contributed by atoms with E-state index in [-0.39, 0.29) is 11.9 Å². The lowest BCUT2D eigenvalue weighted by atomic mass is 10.0. The predicted molar refractivity (Wildman–Crippen MR) is 103 cm³/mol. The largest absolute Gasteiger partial charge is 0.486 e. The first kappa shape index (κ1) is 19.2. The molecule has 6 heteroatoms. The van der Waals surface area contributed by atoms with Crippen molar-refractivity contribution in [2.75, 3.05) is 27.4 Å². The summed E-state index contributed by atoms with van der Waals surface area (Å²) < 4.78 is 36.3. The highest BCUT2D eigenvalue weighted by Crippen LogP contribution is 2.43. The lowest BCUT2D eigenvalue weighted by Gasteiger charge is -2.23. The Bertz CT molecular complexity index is 820. The average molecular weight is 387 g/mol. The molecule has 0 bridgehead atoms. The van der Waals surface area contributed by atoms with Gasteiger partial charge in [0.15, 0.2) is 17.8 Å². The molecule has 1 atom stereocenters. The van der Waals surface area contributed by atoms with Crippen LogP contribution in [-0.2, 0) is 16.0 Å². The fourth-order valence-electron chi connectivity index (χ4n) is 3.70. The van der Waals surface area contributed by atoms with Crippen molar-refractivity contribution in [2.45, 2.75) is 31.7 Å². The molecule has 0 spiro atoms. The summed E-state index contributed by atoms with van der Waals surface area (Å²) in [6, 6.07) is 11.2. The zero-order valence-electron chi connectivity index (χ0n) is 16.2. The molecule has 0 unspecified atom stereocenters. The van der Waals surface area contributed by atoms with Gasteiger partial charge in [0.25, 0.3) is 0 Å². The Kier molecular flexibility index (Phi) is 5.80. The van der Waals surface area contributed by atoms with Gasteiger partial charge in [-0.05, 0) is 48.6 Å². The van der Waals surface area contributed by atoms with Crippen LogP contribution >= 0.6 is 0 Å². The molecule has 1 aliphatic carbocycles. The van der Waals surface area contributed by atoms with Gasteiger partial charge in [0, 0.05) is 37.9 Å². The summed E-state index contributed by atoms with van der Waals surface area (Å²) in [5.41, 5.74) is 2.54. The van der Waals surface area contributed by atoms with Gasteiger partial charge in [-0.1, -0.05) is 12.1 Å². The minimum Gasteiger partial charge on any atom is -0.486 e. The predicted octanol–water partition coefficient (Wildman–Crippen LogP) is 4.13. The maximum Gasteiger partial charge on any atom is 0.183 e. The van der Waals surface area contributed by atoms with E-state index in [4.69, 9.17) is 18.9 Å². The van der Waals surface area contributed by atoms with Crippen molar-refractivity contribution in [3.63, 3.8) is 0 Å². The van der Waals surface area contributed by atoms with Crippen LogP contribution in [0.3, 0.4) is 0 Å². The van der Waals surface area contributed by atoms with E-state index in [1.165, 1.54) is 18.9 Å². The van der Waals surface area contributed by atoms with Crippen molar-refractivity contribution in [1.82, 2.24) is 5.32 Å². The maximum absolute atomic E-state index is 14.4. The molecule has 28 heavy (non-hydrogen) atoms. The molecule has 1 aliphatic heterocycles. The van der Waals surface area contributed by atoms with Gasteiger partial charge in [0.05, 0.1) is 0 Å². The van der Waals surface area contributed by atoms with E-state index in [0.29, 0.717) is 31.2 Å². The Hall–Kier alpha value is -2.15. The number of ether oxygens (including phenoxy) is 4. The van der Waals surface area contributed by atoms with E-state index in [2.05, 4.69) is 11.4 Å². The Morgan fingerprint density at radius 2 is 1.71 bits per heavy atom. The monoisotopic (exact) mass is 387 g/mol. The molecule has 1 heterocycles. The van der Waals surface area contributed by atoms with Gasteiger partial charge in [-0.3, -0.25) is 0 Å². The van der Waals surface area contributed by atoms with Gasteiger partial charge in [-0.25, -0.2) is 4.39 Å². The number of fused-ring (bicyclic) bond motifs is 1. The van der Waals surface area contributed by atoms with Gasteiger partial charge in [0.1, 0.15) is 19.0 Å². The summed E-state index contributed by atoms with van der Waals surface area (Å²) in [4.78, 5) is 0. The standard InChI is InChI=1S/C22H26FNO4/c1-25-22(26-2)16-5-7-18(23)17(11-16)13-24-21(14-3-4-14)15-6-8-19-20(12-15)28-10-9-27-19/h5-8,11-12,14,21-22,24H,3-4,9-10,13H2,1-2H3/t21-/m0/s1. The number of rotatable bonds is 8. The fourth-order valence-corrected chi connectivity index (χ4v) is 3.70. The highest BCUT2D eigenvalue weighted by molar-refractivity contribution is 5.45. The Morgan fingerprint density at radius 1 is 1.00 bits per heavy atom. The zero-order chi connectivity index (χ0) is 19.5. The minimum atomic E-state index is -0.503. The normalized spacial score (nSPS) is 17.0. The van der Waals surface area contributed by atoms with E-state index in [9.17, 15) is 4.39 Å². The van der Waals surface area contributed by atoms with E-state index in [1.807, 2.05) is 12.1 Å². The first-order valence-electron chi connectivity index (χ1n) is 9.66. The number of hydrogen-bond acceptors (Lipinski definition) is 5. The summed E-state index contributed by atoms with van der Waals surface area (Å²) >= 11 is 0. The van der Waals surface area contributed by atoms with Gasteiger partial charge < -0.3 is 24.3 Å². The lowest BCUT2D eigenvalue weighted by Crippen LogP contribution is -2.24. The van der Waals surface area contributed by atoms with E-state index < -0.39 is 6.29 Å². The smallest absolute Gasteiger partial charge is 0.183 e. The molecule has 1 saturated carbocycles. The van der Waals surface area contributed by atoms with Crippen molar-refractivity contribution in [3.8, 4) is 11.5 Å². The summed E-state index contributed by atoms with van der Waals surface area (Å²) in [6.07, 6.45) is 1.84. The molecule has 150 valence electrons. The molecule has 1 N–H and O–H groups in total. The van der Waals surface area contributed by atoms with Crippen LogP contribution in [0.15, 0.2) is 36.4 Å². The Morgan fingerprint density at radius 3 is 2.43 bits per heavy atom. The van der Waals surface area contributed by atoms with Gasteiger partial charge >= 0.3 is 0 Å². The van der Waals surface area contributed by atoms with Crippen LogP contribution in [-0.4, -0.2) is 27.4 Å². The quantitative estimate of drug-likeness (QED) is 0.690. The zero-order valence-corrected chi connectivity index (χ0v) is 16.2. The molecule has 0 aromatic heterocycles. The third kappa shape index (κ3) is 4.14. The van der Waals surface area contributed by atoms with Crippen LogP contribution in [0.2, 0.25) is 0 Å². The highest BCUT2D eigenvalue weighted by Gasteiger charge is 2.33. The van der Waals surface area contributed by atoms with Gasteiger partial charge in [-0.15, -0.1) is 0 Å². The molecule has 4 rings (SSSR count). The Balaban J connectivity index is 1.51. The first-order valence-corrected chi connectivity index (χ1v) is 9.66. The van der Waals surface area contributed by atoms with Crippen molar-refractivity contribution >= 4 is 0 Å². The summed E-state index contributed by atoms with van der Waals surface area (Å²) in [6.45, 7) is 1.57. The number of nitrogens with one attached hydrogen (secondary N) is 1. The molecule has 0 saturated heterocycles. The summed E-state index contributed by atoms with van der Waals surface area (Å²) in [7, 11) is 3.14. The Labute approximate surface area is 164 Å². The van der Waals surface area contributed by atoms with Crippen LogP contribution in [0.5, 0.6) is 11.5 Å². The van der Waals surface area contributed by atoms with E-state index in [0.717, 1.165) is 22.6 Å². The molecule has 0 radical (unpaired) electrons. The minimum absolute atomic E-state index is 0.152. The van der Waals surface area contributed by atoms with Gasteiger partial charge in [-0.2, -0.15) is 0 Å². The van der Waals surface area contributed by atoms with Crippen LogP contribution in [0.25, 0.3) is 0 Å². The van der Waals surface area contributed by atoms with E-state index >= 15 is 0 Å². The molecule has 2 aromatic rings. The van der Waals surface area contributed by atoms with E-state index in [1.54, 1.807) is 26.4 Å². The summed E-state index contributed by atoms with van der Waals surface area (Å²) in [5.74, 6) is 1.89. The van der Waals surface area contributed by atoms with Crippen LogP contribution in [0.4, 0.5) is 4.39 Å². The number of methoxy groups -OCH3 is 2. The highest BCUT2D eigenvalue weighted by atomic mass is 19.1. The molecule has 1 fully saturated rings. The number of hydrogen-bond donors (Lipinski definition) is 1.